The molecule has 0 amide bonds. The van der Waals surface area contributed by atoms with E-state index in [9.17, 15) is 27.5 Å². The molecule has 3 atom stereocenters. The van der Waals surface area contributed by atoms with Crippen molar-refractivity contribution in [2.24, 2.45) is 11.8 Å². The van der Waals surface area contributed by atoms with E-state index in [0.29, 0.717) is 31.1 Å². The molecule has 0 spiro atoms. The van der Waals surface area contributed by atoms with Crippen LogP contribution in [-0.2, 0) is 11.0 Å². The van der Waals surface area contributed by atoms with Crippen molar-refractivity contribution in [2.45, 2.75) is 62.6 Å². The number of imidazole rings is 1. The largest absolute Gasteiger partial charge is 0.480 e. The number of likely N-dealkylation sites (tertiary alicyclic amines) is 2. The van der Waals surface area contributed by atoms with E-state index in [4.69, 9.17) is 0 Å². The molecule has 2 aromatic heterocycles. The first-order chi connectivity index (χ1) is 19.7. The summed E-state index contributed by atoms with van der Waals surface area (Å²) in [6.07, 6.45) is 4.03. The van der Waals surface area contributed by atoms with Crippen LogP contribution in [0.15, 0.2) is 48.8 Å². The maximum absolute atomic E-state index is 14.2. The van der Waals surface area contributed by atoms with E-state index in [1.807, 2.05) is 6.07 Å². The molecule has 10 heteroatoms. The number of fused-ring (bicyclic) bond motifs is 1. The van der Waals surface area contributed by atoms with Crippen LogP contribution in [-0.4, -0.2) is 69.0 Å². The summed E-state index contributed by atoms with van der Waals surface area (Å²) in [5.41, 5.74) is 1.53. The van der Waals surface area contributed by atoms with Crippen molar-refractivity contribution in [3.8, 4) is 0 Å². The smallest absolute Gasteiger partial charge is 0.417 e. The summed E-state index contributed by atoms with van der Waals surface area (Å²) in [5, 5.41) is 10.1. The molecule has 41 heavy (non-hydrogen) atoms. The van der Waals surface area contributed by atoms with Gasteiger partial charge in [-0.3, -0.25) is 9.69 Å². The molecule has 2 saturated heterocycles. The van der Waals surface area contributed by atoms with Gasteiger partial charge in [0.2, 0.25) is 0 Å². The molecule has 3 aliphatic rings. The summed E-state index contributed by atoms with van der Waals surface area (Å²) in [5.74, 6) is -0.311. The predicted octanol–water partition coefficient (Wildman–Crippen LogP) is 6.03. The van der Waals surface area contributed by atoms with Gasteiger partial charge in [0.05, 0.1) is 5.56 Å². The SMILES string of the molecule is O=C(O)[C@@H](CC1CCC1)N1CC(CN2CCC(c3cnc4ccc(C(F)(F)F)cn34)CC2)[C@@H](c2cccc(F)c2)C1. The highest BCUT2D eigenvalue weighted by atomic mass is 19.4. The number of pyridine rings is 1. The third kappa shape index (κ3) is 6.00. The Bertz CT molecular complexity index is 1380. The minimum absolute atomic E-state index is 0.0335. The number of hydrogen-bond acceptors (Lipinski definition) is 4. The quantitative estimate of drug-likeness (QED) is 0.334. The number of hydrogen-bond donors (Lipinski definition) is 1. The Hall–Kier alpha value is -2.98. The molecular formula is C31H36F4N4O2. The first-order valence-corrected chi connectivity index (χ1v) is 14.6. The maximum atomic E-state index is 14.2. The Kier molecular flexibility index (Phi) is 7.80. The summed E-state index contributed by atoms with van der Waals surface area (Å²) in [6.45, 7) is 3.59. The summed E-state index contributed by atoms with van der Waals surface area (Å²) in [6, 6.07) is 8.63. The normalized spacial score (nSPS) is 24.1. The molecule has 6 rings (SSSR count). The highest BCUT2D eigenvalue weighted by Gasteiger charge is 2.42. The highest BCUT2D eigenvalue weighted by molar-refractivity contribution is 5.73. The van der Waals surface area contributed by atoms with Crippen molar-refractivity contribution in [3.63, 3.8) is 0 Å². The van der Waals surface area contributed by atoms with Gasteiger partial charge in [0.15, 0.2) is 0 Å². The van der Waals surface area contributed by atoms with E-state index in [2.05, 4.69) is 14.8 Å². The Labute approximate surface area is 237 Å². The fraction of sp³-hybridized carbons (Fsp3) is 0.548. The zero-order valence-electron chi connectivity index (χ0n) is 22.9. The average Bonchev–Trinajstić information content (AvgIpc) is 3.52. The molecule has 1 N–H and O–H groups in total. The number of carboxylic acid groups (broad SMARTS) is 1. The fourth-order valence-electron chi connectivity index (χ4n) is 7.12. The van der Waals surface area contributed by atoms with Crippen LogP contribution in [0.1, 0.15) is 67.2 Å². The molecule has 1 aromatic carbocycles. The highest BCUT2D eigenvalue weighted by Crippen LogP contribution is 2.39. The number of alkyl halides is 3. The minimum atomic E-state index is -4.41. The van der Waals surface area contributed by atoms with Gasteiger partial charge in [-0.2, -0.15) is 13.2 Å². The zero-order chi connectivity index (χ0) is 28.7. The van der Waals surface area contributed by atoms with E-state index < -0.39 is 23.8 Å². The summed E-state index contributed by atoms with van der Waals surface area (Å²) in [4.78, 5) is 21.1. The monoisotopic (exact) mass is 572 g/mol. The van der Waals surface area contributed by atoms with Crippen molar-refractivity contribution < 1.29 is 27.5 Å². The number of benzene rings is 1. The molecule has 6 nitrogen and oxygen atoms in total. The second-order valence-corrected chi connectivity index (χ2v) is 12.2. The Balaban J connectivity index is 1.15. The van der Waals surface area contributed by atoms with E-state index in [0.717, 1.165) is 68.8 Å². The Morgan fingerprint density at radius 3 is 2.51 bits per heavy atom. The van der Waals surface area contributed by atoms with Crippen LogP contribution in [0.2, 0.25) is 0 Å². The lowest BCUT2D eigenvalue weighted by Crippen LogP contribution is -2.43. The van der Waals surface area contributed by atoms with Gasteiger partial charge in [-0.25, -0.2) is 9.37 Å². The lowest BCUT2D eigenvalue weighted by Gasteiger charge is -2.35. The topological polar surface area (TPSA) is 61.1 Å². The van der Waals surface area contributed by atoms with E-state index in [1.54, 1.807) is 22.7 Å². The molecule has 220 valence electrons. The van der Waals surface area contributed by atoms with E-state index in [1.165, 1.54) is 18.6 Å². The van der Waals surface area contributed by atoms with Gasteiger partial charge in [0.25, 0.3) is 0 Å². The first-order valence-electron chi connectivity index (χ1n) is 14.6. The maximum Gasteiger partial charge on any atom is 0.417 e. The zero-order valence-corrected chi connectivity index (χ0v) is 22.9. The third-order valence-electron chi connectivity index (χ3n) is 9.61. The standard InChI is InChI=1S/C31H36F4N4O2/c32-25-6-2-5-22(14-25)26-19-38(27(30(40)41)13-20-3-1-4-20)17-23(26)16-37-11-9-21(10-12-37)28-15-36-29-8-7-24(18-39(28)29)31(33,34)35/h2,5-8,14-15,18,20-21,23,26-27H,1,3-4,9-13,16-17,19H2,(H,40,41)/t23?,26-,27-/m1/s1. The van der Waals surface area contributed by atoms with Crippen LogP contribution in [0, 0.1) is 17.7 Å². The van der Waals surface area contributed by atoms with Crippen molar-refractivity contribution in [2.75, 3.05) is 32.7 Å². The Morgan fingerprint density at radius 1 is 1.07 bits per heavy atom. The van der Waals surface area contributed by atoms with Gasteiger partial charge in [-0.05, 0) is 74.0 Å². The van der Waals surface area contributed by atoms with Gasteiger partial charge in [0.1, 0.15) is 17.5 Å². The van der Waals surface area contributed by atoms with Crippen molar-refractivity contribution in [1.29, 1.82) is 0 Å². The molecule has 1 aliphatic carbocycles. The van der Waals surface area contributed by atoms with E-state index in [-0.39, 0.29) is 23.6 Å². The van der Waals surface area contributed by atoms with E-state index >= 15 is 0 Å². The van der Waals surface area contributed by atoms with Crippen LogP contribution < -0.4 is 0 Å². The number of piperidine rings is 1. The summed E-state index contributed by atoms with van der Waals surface area (Å²) in [7, 11) is 0. The van der Waals surface area contributed by atoms with Crippen molar-refractivity contribution >= 4 is 11.6 Å². The summed E-state index contributed by atoms with van der Waals surface area (Å²) < 4.78 is 55.8. The average molecular weight is 573 g/mol. The predicted molar refractivity (Wildman–Crippen MR) is 146 cm³/mol. The van der Waals surface area contributed by atoms with Crippen molar-refractivity contribution in [3.05, 3.63) is 71.4 Å². The number of carbonyl (C=O) groups is 1. The first kappa shape index (κ1) is 28.2. The van der Waals surface area contributed by atoms with Gasteiger partial charge < -0.3 is 14.4 Å². The van der Waals surface area contributed by atoms with Gasteiger partial charge >= 0.3 is 12.1 Å². The molecule has 4 heterocycles. The lowest BCUT2D eigenvalue weighted by molar-refractivity contribution is -0.144. The van der Waals surface area contributed by atoms with Crippen LogP contribution in [0.5, 0.6) is 0 Å². The molecule has 3 fully saturated rings. The number of carboxylic acids is 1. The van der Waals surface area contributed by atoms with Crippen molar-refractivity contribution in [1.82, 2.24) is 19.2 Å². The molecule has 1 saturated carbocycles. The van der Waals surface area contributed by atoms with Crippen LogP contribution in [0.3, 0.4) is 0 Å². The van der Waals surface area contributed by atoms with Gasteiger partial charge in [0, 0.05) is 49.6 Å². The molecule has 0 bridgehead atoms. The number of aromatic nitrogens is 2. The van der Waals surface area contributed by atoms with Gasteiger partial charge in [-0.1, -0.05) is 31.4 Å². The molecule has 0 radical (unpaired) electrons. The molecule has 1 unspecified atom stereocenters. The number of rotatable bonds is 8. The fourth-order valence-corrected chi connectivity index (χ4v) is 7.12. The minimum Gasteiger partial charge on any atom is -0.480 e. The molecule has 2 aliphatic heterocycles. The van der Waals surface area contributed by atoms with Gasteiger partial charge in [-0.15, -0.1) is 0 Å². The second kappa shape index (κ2) is 11.4. The number of nitrogens with zero attached hydrogens (tertiary/aromatic N) is 4. The van der Waals surface area contributed by atoms with Crippen LogP contribution >= 0.6 is 0 Å². The lowest BCUT2D eigenvalue weighted by atomic mass is 9.80. The van der Waals surface area contributed by atoms with Crippen LogP contribution in [0.25, 0.3) is 5.65 Å². The summed E-state index contributed by atoms with van der Waals surface area (Å²) >= 11 is 0. The molecular weight excluding hydrogens is 536 g/mol. The van der Waals surface area contributed by atoms with Crippen LogP contribution in [0.4, 0.5) is 17.6 Å². The number of aliphatic carboxylic acids is 1. The third-order valence-corrected chi connectivity index (χ3v) is 9.61. The molecule has 3 aromatic rings. The number of halogens is 4. The Morgan fingerprint density at radius 2 is 1.85 bits per heavy atom. The second-order valence-electron chi connectivity index (χ2n) is 12.2.